The normalized spacial score (nSPS) is 29.2. The number of methoxy groups -OCH3 is 1. The molecule has 0 aromatic carbocycles. The van der Waals surface area contributed by atoms with Crippen LogP contribution in [0, 0.1) is 6.92 Å². The molecule has 0 saturated carbocycles. The molecule has 148 valence electrons. The van der Waals surface area contributed by atoms with Gasteiger partial charge in [-0.2, -0.15) is 4.98 Å². The van der Waals surface area contributed by atoms with Crippen LogP contribution in [0.2, 0.25) is 0 Å². The van der Waals surface area contributed by atoms with Gasteiger partial charge in [-0.3, -0.25) is 9.09 Å². The second kappa shape index (κ2) is 7.71. The SMILES string of the molecule is COCC[C@@]1(n2cc(C)c(N)nc2=O)O[C@H](COP(=O)(O)O)[C@@H](O)[C@H]1O. The third kappa shape index (κ3) is 4.13. The molecule has 1 saturated heterocycles. The van der Waals surface area contributed by atoms with E-state index in [1.165, 1.54) is 13.3 Å². The van der Waals surface area contributed by atoms with Crippen molar-refractivity contribution in [3.05, 3.63) is 22.2 Å². The van der Waals surface area contributed by atoms with Crippen molar-refractivity contribution in [1.29, 1.82) is 0 Å². The number of anilines is 1. The quantitative estimate of drug-likeness (QED) is 0.323. The number of rotatable bonds is 7. The number of nitrogens with zero attached hydrogens (tertiary/aromatic N) is 2. The van der Waals surface area contributed by atoms with Crippen LogP contribution in [-0.2, 0) is 24.3 Å². The Labute approximate surface area is 148 Å². The number of aromatic nitrogens is 2. The molecule has 0 unspecified atom stereocenters. The number of nitrogens with two attached hydrogens (primary N) is 1. The van der Waals surface area contributed by atoms with Crippen molar-refractivity contribution < 1.29 is 38.6 Å². The van der Waals surface area contributed by atoms with Gasteiger partial charge >= 0.3 is 13.5 Å². The van der Waals surface area contributed by atoms with Crippen molar-refractivity contribution in [3.63, 3.8) is 0 Å². The van der Waals surface area contributed by atoms with Crippen LogP contribution in [0.25, 0.3) is 0 Å². The van der Waals surface area contributed by atoms with Gasteiger partial charge < -0.3 is 35.2 Å². The van der Waals surface area contributed by atoms with Crippen LogP contribution >= 0.6 is 7.82 Å². The monoisotopic (exact) mass is 395 g/mol. The largest absolute Gasteiger partial charge is 0.469 e. The van der Waals surface area contributed by atoms with Crippen molar-refractivity contribution in [1.82, 2.24) is 9.55 Å². The van der Waals surface area contributed by atoms with E-state index in [4.69, 9.17) is 25.0 Å². The molecule has 1 aromatic rings. The molecule has 2 heterocycles. The summed E-state index contributed by atoms with van der Waals surface area (Å²) in [5.74, 6) is 0.00237. The lowest BCUT2D eigenvalue weighted by Crippen LogP contribution is -2.51. The van der Waals surface area contributed by atoms with Crippen molar-refractivity contribution in [2.24, 2.45) is 0 Å². The molecule has 12 nitrogen and oxygen atoms in total. The average Bonchev–Trinajstić information content (AvgIpc) is 2.79. The Balaban J connectivity index is 2.45. The van der Waals surface area contributed by atoms with E-state index in [1.54, 1.807) is 6.92 Å². The van der Waals surface area contributed by atoms with Crippen molar-refractivity contribution in [2.45, 2.75) is 37.4 Å². The predicted molar refractivity (Wildman–Crippen MR) is 87.0 cm³/mol. The van der Waals surface area contributed by atoms with Crippen LogP contribution in [0.5, 0.6) is 0 Å². The van der Waals surface area contributed by atoms with Gasteiger partial charge in [0, 0.05) is 25.3 Å². The Bertz CT molecular complexity index is 751. The highest BCUT2D eigenvalue weighted by Crippen LogP contribution is 2.41. The standard InChI is InChI=1S/C13H22N3O9P/c1-7-5-16(12(19)15-11(7)14)13(3-4-23-2)10(18)9(17)8(25-13)6-24-26(20,21)22/h5,8-10,17-18H,3-4,6H2,1-2H3,(H2,14,15,19)(H2,20,21,22)/t8-,9-,10-,13-/m1/s1. The van der Waals surface area contributed by atoms with E-state index in [2.05, 4.69) is 9.51 Å². The molecule has 0 bridgehead atoms. The molecule has 4 atom stereocenters. The molecular formula is C13H22N3O9P. The number of nitrogen functional groups attached to an aromatic ring is 1. The van der Waals surface area contributed by atoms with Crippen molar-refractivity contribution in [3.8, 4) is 0 Å². The fourth-order valence-electron chi connectivity index (χ4n) is 2.78. The number of phosphoric acid groups is 1. The number of ether oxygens (including phenoxy) is 2. The maximum Gasteiger partial charge on any atom is 0.469 e. The molecule has 2 rings (SSSR count). The van der Waals surface area contributed by atoms with Crippen LogP contribution in [0.4, 0.5) is 5.82 Å². The summed E-state index contributed by atoms with van der Waals surface area (Å²) in [6.07, 6.45) is -3.24. The smallest absolute Gasteiger partial charge is 0.387 e. The van der Waals surface area contributed by atoms with Gasteiger partial charge in [0.05, 0.1) is 13.2 Å². The molecule has 0 radical (unpaired) electrons. The van der Waals surface area contributed by atoms with E-state index in [-0.39, 0.29) is 18.8 Å². The van der Waals surface area contributed by atoms with Gasteiger partial charge in [0.1, 0.15) is 24.1 Å². The minimum atomic E-state index is -4.82. The first kappa shape index (κ1) is 20.9. The second-order valence-electron chi connectivity index (χ2n) is 5.93. The Morgan fingerprint density at radius 2 is 2.12 bits per heavy atom. The van der Waals surface area contributed by atoms with E-state index in [0.717, 1.165) is 4.57 Å². The number of hydrogen-bond donors (Lipinski definition) is 5. The number of aliphatic hydroxyl groups is 2. The predicted octanol–water partition coefficient (Wildman–Crippen LogP) is -1.95. The van der Waals surface area contributed by atoms with Gasteiger partial charge in [0.15, 0.2) is 5.72 Å². The Morgan fingerprint density at radius 3 is 2.69 bits per heavy atom. The number of aliphatic hydroxyl groups excluding tert-OH is 2. The van der Waals surface area contributed by atoms with Crippen LogP contribution in [0.3, 0.4) is 0 Å². The first-order valence-corrected chi connectivity index (χ1v) is 9.14. The summed E-state index contributed by atoms with van der Waals surface area (Å²) in [5.41, 5.74) is 3.44. The molecule has 0 aliphatic carbocycles. The summed E-state index contributed by atoms with van der Waals surface area (Å²) in [6.45, 7) is 0.938. The van der Waals surface area contributed by atoms with E-state index >= 15 is 0 Å². The molecule has 6 N–H and O–H groups in total. The summed E-state index contributed by atoms with van der Waals surface area (Å²) in [4.78, 5) is 33.6. The van der Waals surface area contributed by atoms with Crippen LogP contribution in [-0.4, -0.2) is 68.2 Å². The zero-order chi connectivity index (χ0) is 19.7. The molecule has 0 amide bonds. The first-order chi connectivity index (χ1) is 12.0. The first-order valence-electron chi connectivity index (χ1n) is 7.61. The highest BCUT2D eigenvalue weighted by molar-refractivity contribution is 7.46. The Kier molecular flexibility index (Phi) is 6.20. The molecule has 1 fully saturated rings. The minimum Gasteiger partial charge on any atom is -0.387 e. The van der Waals surface area contributed by atoms with Crippen LogP contribution < -0.4 is 11.4 Å². The van der Waals surface area contributed by atoms with Gasteiger partial charge in [-0.05, 0) is 6.92 Å². The van der Waals surface area contributed by atoms with E-state index in [0.29, 0.717) is 5.56 Å². The summed E-state index contributed by atoms with van der Waals surface area (Å²) in [7, 11) is -3.42. The minimum absolute atomic E-state index is 0.00237. The topological polar surface area (TPSA) is 187 Å². The maximum atomic E-state index is 12.3. The van der Waals surface area contributed by atoms with Crippen molar-refractivity contribution in [2.75, 3.05) is 26.1 Å². The van der Waals surface area contributed by atoms with Crippen LogP contribution in [0.15, 0.2) is 11.0 Å². The fraction of sp³-hybridized carbons (Fsp3) is 0.692. The third-order valence-corrected chi connectivity index (χ3v) is 4.64. The number of aryl methyl sites for hydroxylation is 1. The van der Waals surface area contributed by atoms with Gasteiger partial charge in [-0.1, -0.05) is 0 Å². The highest BCUT2D eigenvalue weighted by atomic mass is 31.2. The van der Waals surface area contributed by atoms with E-state index < -0.39 is 44.2 Å². The zero-order valence-corrected chi connectivity index (χ0v) is 15.1. The van der Waals surface area contributed by atoms with Crippen molar-refractivity contribution >= 4 is 13.6 Å². The molecule has 13 heteroatoms. The second-order valence-corrected chi connectivity index (χ2v) is 7.17. The lowest BCUT2D eigenvalue weighted by molar-refractivity contribution is -0.161. The molecule has 1 aliphatic rings. The zero-order valence-electron chi connectivity index (χ0n) is 14.2. The summed E-state index contributed by atoms with van der Waals surface area (Å²) >= 11 is 0. The molecule has 1 aromatic heterocycles. The lowest BCUT2D eigenvalue weighted by atomic mass is 9.99. The molecule has 1 aliphatic heterocycles. The Morgan fingerprint density at radius 1 is 1.46 bits per heavy atom. The highest BCUT2D eigenvalue weighted by Gasteiger charge is 2.56. The summed E-state index contributed by atoms with van der Waals surface area (Å²) < 4.78 is 26.9. The number of hydrogen-bond acceptors (Lipinski definition) is 9. The maximum absolute atomic E-state index is 12.3. The van der Waals surface area contributed by atoms with E-state index in [9.17, 15) is 19.6 Å². The van der Waals surface area contributed by atoms with Crippen LogP contribution in [0.1, 0.15) is 12.0 Å². The summed E-state index contributed by atoms with van der Waals surface area (Å²) in [6, 6.07) is 0. The summed E-state index contributed by atoms with van der Waals surface area (Å²) in [5, 5.41) is 20.8. The average molecular weight is 395 g/mol. The fourth-order valence-corrected chi connectivity index (χ4v) is 3.12. The number of phosphoric ester groups is 1. The van der Waals surface area contributed by atoms with Gasteiger partial charge in [-0.25, -0.2) is 9.36 Å². The molecule has 26 heavy (non-hydrogen) atoms. The van der Waals surface area contributed by atoms with Gasteiger partial charge in [-0.15, -0.1) is 0 Å². The molecular weight excluding hydrogens is 373 g/mol. The third-order valence-electron chi connectivity index (χ3n) is 4.15. The van der Waals surface area contributed by atoms with Gasteiger partial charge in [0.2, 0.25) is 0 Å². The molecule has 0 spiro atoms. The Hall–Kier alpha value is -1.37. The van der Waals surface area contributed by atoms with E-state index in [1.807, 2.05) is 0 Å². The van der Waals surface area contributed by atoms with Gasteiger partial charge in [0.25, 0.3) is 0 Å². The lowest BCUT2D eigenvalue weighted by Gasteiger charge is -2.34.